The van der Waals surface area contributed by atoms with Crippen LogP contribution in [0.1, 0.15) is 5.56 Å². The minimum absolute atomic E-state index is 0.194. The highest BCUT2D eigenvalue weighted by molar-refractivity contribution is 5.92. The zero-order valence-corrected chi connectivity index (χ0v) is 10.7. The number of phenols is 1. The number of hydrogen-bond donors (Lipinski definition) is 2. The topological polar surface area (TPSA) is 45.2 Å². The third-order valence-corrected chi connectivity index (χ3v) is 3.10. The summed E-state index contributed by atoms with van der Waals surface area (Å²) in [5, 5.41) is 14.6. The van der Waals surface area contributed by atoms with E-state index in [0.29, 0.717) is 12.4 Å². The molecule has 0 aliphatic heterocycles. The van der Waals surface area contributed by atoms with E-state index in [9.17, 15) is 9.50 Å². The second-order valence-electron chi connectivity index (χ2n) is 4.55. The van der Waals surface area contributed by atoms with Gasteiger partial charge >= 0.3 is 0 Å². The molecule has 0 radical (unpaired) electrons. The van der Waals surface area contributed by atoms with Gasteiger partial charge in [-0.25, -0.2) is 9.37 Å². The molecule has 4 heteroatoms. The molecule has 0 atom stereocenters. The third-order valence-electron chi connectivity index (χ3n) is 3.10. The molecule has 1 heterocycles. The Balaban J connectivity index is 1.89. The number of nitrogens with one attached hydrogen (secondary N) is 1. The summed E-state index contributed by atoms with van der Waals surface area (Å²) < 4.78 is 13.1. The van der Waals surface area contributed by atoms with Crippen LogP contribution < -0.4 is 5.32 Å². The van der Waals surface area contributed by atoms with E-state index in [-0.39, 0.29) is 11.6 Å². The molecule has 0 unspecified atom stereocenters. The third kappa shape index (κ3) is 2.54. The number of pyridine rings is 1. The zero-order valence-electron chi connectivity index (χ0n) is 10.7. The van der Waals surface area contributed by atoms with E-state index in [1.807, 2.05) is 18.2 Å². The minimum Gasteiger partial charge on any atom is -0.508 e. The number of aromatic hydroxyl groups is 1. The summed E-state index contributed by atoms with van der Waals surface area (Å²) in [7, 11) is 0. The summed E-state index contributed by atoms with van der Waals surface area (Å²) in [6, 6.07) is 13.4. The van der Waals surface area contributed by atoms with Crippen LogP contribution in [-0.2, 0) is 6.54 Å². The van der Waals surface area contributed by atoms with Crippen molar-refractivity contribution in [1.29, 1.82) is 0 Å². The molecule has 3 rings (SSSR count). The van der Waals surface area contributed by atoms with Gasteiger partial charge in [-0.15, -0.1) is 0 Å². The van der Waals surface area contributed by atoms with Gasteiger partial charge in [-0.05, 0) is 41.3 Å². The van der Waals surface area contributed by atoms with Gasteiger partial charge in [-0.3, -0.25) is 0 Å². The molecule has 3 aromatic rings. The van der Waals surface area contributed by atoms with E-state index in [1.54, 1.807) is 24.4 Å². The molecule has 0 aliphatic rings. The van der Waals surface area contributed by atoms with Crippen LogP contribution in [0.5, 0.6) is 5.75 Å². The Kier molecular flexibility index (Phi) is 3.21. The van der Waals surface area contributed by atoms with Crippen molar-refractivity contribution in [2.45, 2.75) is 6.54 Å². The van der Waals surface area contributed by atoms with Crippen LogP contribution in [0.3, 0.4) is 0 Å². The van der Waals surface area contributed by atoms with Crippen molar-refractivity contribution in [3.05, 3.63) is 66.1 Å². The number of nitrogens with zero attached hydrogens (tertiary/aromatic N) is 1. The number of fused-ring (bicyclic) bond motifs is 1. The SMILES string of the molecule is Oc1ccc2ccnc(NCc3cccc(F)c3)c2c1. The van der Waals surface area contributed by atoms with Crippen molar-refractivity contribution < 1.29 is 9.50 Å². The first kappa shape index (κ1) is 12.4. The lowest BCUT2D eigenvalue weighted by molar-refractivity contribution is 0.476. The molecule has 0 bridgehead atoms. The van der Waals surface area contributed by atoms with Crippen LogP contribution in [0.4, 0.5) is 10.2 Å². The summed E-state index contributed by atoms with van der Waals surface area (Å²) >= 11 is 0. The average molecular weight is 268 g/mol. The molecule has 0 fully saturated rings. The van der Waals surface area contributed by atoms with Gasteiger partial charge in [0.25, 0.3) is 0 Å². The lowest BCUT2D eigenvalue weighted by atomic mass is 10.1. The molecule has 0 saturated carbocycles. The fourth-order valence-electron chi connectivity index (χ4n) is 2.13. The second kappa shape index (κ2) is 5.17. The van der Waals surface area contributed by atoms with Crippen LogP contribution in [0.25, 0.3) is 10.8 Å². The van der Waals surface area contributed by atoms with Crippen LogP contribution in [0, 0.1) is 5.82 Å². The molecular weight excluding hydrogens is 255 g/mol. The Morgan fingerprint density at radius 2 is 2.00 bits per heavy atom. The minimum atomic E-state index is -0.257. The Hall–Kier alpha value is -2.62. The van der Waals surface area contributed by atoms with Gasteiger partial charge in [0.2, 0.25) is 0 Å². The molecule has 0 spiro atoms. The number of aromatic nitrogens is 1. The van der Waals surface area contributed by atoms with Crippen molar-refractivity contribution in [1.82, 2.24) is 4.98 Å². The van der Waals surface area contributed by atoms with Gasteiger partial charge in [0, 0.05) is 18.1 Å². The molecular formula is C16H13FN2O. The van der Waals surface area contributed by atoms with Gasteiger partial charge in [0.15, 0.2) is 0 Å². The highest BCUT2D eigenvalue weighted by atomic mass is 19.1. The Morgan fingerprint density at radius 1 is 1.10 bits per heavy atom. The van der Waals surface area contributed by atoms with Crippen molar-refractivity contribution in [2.24, 2.45) is 0 Å². The molecule has 2 aromatic carbocycles. The zero-order chi connectivity index (χ0) is 13.9. The second-order valence-corrected chi connectivity index (χ2v) is 4.55. The first-order valence-corrected chi connectivity index (χ1v) is 6.28. The summed E-state index contributed by atoms with van der Waals surface area (Å²) in [5.41, 5.74) is 0.837. The maximum atomic E-state index is 13.1. The fourth-order valence-corrected chi connectivity index (χ4v) is 2.13. The van der Waals surface area contributed by atoms with Crippen LogP contribution in [0.2, 0.25) is 0 Å². The number of rotatable bonds is 3. The lowest BCUT2D eigenvalue weighted by Gasteiger charge is -2.09. The average Bonchev–Trinajstić information content (AvgIpc) is 2.45. The van der Waals surface area contributed by atoms with Crippen molar-refractivity contribution >= 4 is 16.6 Å². The molecule has 3 nitrogen and oxygen atoms in total. The summed E-state index contributed by atoms with van der Waals surface area (Å²) in [5.74, 6) is 0.606. The normalized spacial score (nSPS) is 10.7. The van der Waals surface area contributed by atoms with E-state index in [1.165, 1.54) is 12.1 Å². The number of benzene rings is 2. The monoisotopic (exact) mass is 268 g/mol. The number of halogens is 1. The first-order valence-electron chi connectivity index (χ1n) is 6.28. The first-order chi connectivity index (χ1) is 9.72. The van der Waals surface area contributed by atoms with E-state index in [0.717, 1.165) is 16.3 Å². The molecule has 2 N–H and O–H groups in total. The predicted octanol–water partition coefficient (Wildman–Crippen LogP) is 3.69. The van der Waals surface area contributed by atoms with E-state index in [4.69, 9.17) is 0 Å². The van der Waals surface area contributed by atoms with E-state index < -0.39 is 0 Å². The molecule has 1 aromatic heterocycles. The van der Waals surface area contributed by atoms with Crippen LogP contribution >= 0.6 is 0 Å². The summed E-state index contributed by atoms with van der Waals surface area (Å²) in [6.45, 7) is 0.472. The summed E-state index contributed by atoms with van der Waals surface area (Å²) in [4.78, 5) is 4.27. The van der Waals surface area contributed by atoms with Crippen molar-refractivity contribution in [2.75, 3.05) is 5.32 Å². The number of phenolic OH excluding ortho intramolecular Hbond substituents is 1. The smallest absolute Gasteiger partial charge is 0.134 e. The number of hydrogen-bond acceptors (Lipinski definition) is 3. The molecule has 20 heavy (non-hydrogen) atoms. The highest BCUT2D eigenvalue weighted by Crippen LogP contribution is 2.25. The standard InChI is InChI=1S/C16H13FN2O/c17-13-3-1-2-11(8-13)10-19-16-15-9-14(20)5-4-12(15)6-7-18-16/h1-9,20H,10H2,(H,18,19). The van der Waals surface area contributed by atoms with Gasteiger partial charge in [0.05, 0.1) is 0 Å². The Bertz CT molecular complexity index is 758. The largest absolute Gasteiger partial charge is 0.508 e. The predicted molar refractivity (Wildman–Crippen MR) is 77.1 cm³/mol. The Morgan fingerprint density at radius 3 is 2.85 bits per heavy atom. The van der Waals surface area contributed by atoms with Gasteiger partial charge < -0.3 is 10.4 Å². The van der Waals surface area contributed by atoms with Gasteiger partial charge in [-0.1, -0.05) is 18.2 Å². The Labute approximate surface area is 115 Å². The molecule has 100 valence electrons. The van der Waals surface area contributed by atoms with Gasteiger partial charge in [-0.2, -0.15) is 0 Å². The van der Waals surface area contributed by atoms with Crippen LogP contribution in [-0.4, -0.2) is 10.1 Å². The van der Waals surface area contributed by atoms with Crippen molar-refractivity contribution in [3.8, 4) is 5.75 Å². The van der Waals surface area contributed by atoms with E-state index in [2.05, 4.69) is 10.3 Å². The maximum absolute atomic E-state index is 13.1. The van der Waals surface area contributed by atoms with E-state index >= 15 is 0 Å². The maximum Gasteiger partial charge on any atom is 0.134 e. The lowest BCUT2D eigenvalue weighted by Crippen LogP contribution is -2.02. The quantitative estimate of drug-likeness (QED) is 0.761. The molecule has 0 saturated heterocycles. The fraction of sp³-hybridized carbons (Fsp3) is 0.0625. The van der Waals surface area contributed by atoms with Crippen molar-refractivity contribution in [3.63, 3.8) is 0 Å². The summed E-state index contributed by atoms with van der Waals surface area (Å²) in [6.07, 6.45) is 1.70. The van der Waals surface area contributed by atoms with Gasteiger partial charge in [0.1, 0.15) is 17.4 Å². The highest BCUT2D eigenvalue weighted by Gasteiger charge is 2.03. The molecule has 0 amide bonds. The number of anilines is 1. The molecule has 0 aliphatic carbocycles. The van der Waals surface area contributed by atoms with Crippen LogP contribution in [0.15, 0.2) is 54.7 Å².